The number of sulfonamides is 1. The number of piperidine rings is 1. The van der Waals surface area contributed by atoms with Crippen LogP contribution in [0.3, 0.4) is 0 Å². The van der Waals surface area contributed by atoms with E-state index in [1.807, 2.05) is 130 Å². The van der Waals surface area contributed by atoms with Crippen LogP contribution in [0.15, 0.2) is 173 Å². The van der Waals surface area contributed by atoms with E-state index in [1.165, 1.54) is 35.2 Å². The van der Waals surface area contributed by atoms with Crippen molar-refractivity contribution < 1.29 is 69.5 Å². The average molecular weight is 1780 g/mol. The summed E-state index contributed by atoms with van der Waals surface area (Å²) in [4.78, 5) is 62.6. The lowest BCUT2D eigenvalue weighted by Crippen LogP contribution is -2.46. The number of nitrogens with zero attached hydrogens (tertiary/aromatic N) is 10. The molecule has 0 spiro atoms. The molecule has 126 heavy (non-hydrogen) atoms. The van der Waals surface area contributed by atoms with Crippen molar-refractivity contribution in [1.82, 2.24) is 33.7 Å². The number of hydrogen-bond acceptors (Lipinski definition) is 20. The summed E-state index contributed by atoms with van der Waals surface area (Å²) in [5, 5.41) is 2.50. The van der Waals surface area contributed by atoms with E-state index in [-0.39, 0.29) is 53.9 Å². The van der Waals surface area contributed by atoms with Crippen LogP contribution in [0.4, 0.5) is 25.8 Å². The van der Waals surface area contributed by atoms with Crippen molar-refractivity contribution >= 4 is 67.7 Å². The summed E-state index contributed by atoms with van der Waals surface area (Å²) in [5.74, 6) is 2.69. The van der Waals surface area contributed by atoms with Gasteiger partial charge in [-0.25, -0.2) is 17.2 Å². The van der Waals surface area contributed by atoms with Gasteiger partial charge in [0.05, 0.1) is 74.0 Å². The van der Waals surface area contributed by atoms with E-state index in [0.29, 0.717) is 122 Å². The summed E-state index contributed by atoms with van der Waals surface area (Å²) in [6.07, 6.45) is 4.02. The minimum atomic E-state index is -3.52. The molecule has 0 bridgehead atoms. The van der Waals surface area contributed by atoms with Crippen molar-refractivity contribution in [2.24, 2.45) is 5.92 Å². The van der Waals surface area contributed by atoms with E-state index in [1.54, 1.807) is 64.5 Å². The van der Waals surface area contributed by atoms with Gasteiger partial charge in [-0.3, -0.25) is 14.4 Å². The van der Waals surface area contributed by atoms with Gasteiger partial charge in [-0.1, -0.05) is 99.1 Å². The smallest absolute Gasteiger partial charge is 0.255 e. The van der Waals surface area contributed by atoms with Gasteiger partial charge in [0.2, 0.25) is 0 Å². The Morgan fingerprint density at radius 2 is 0.817 bits per heavy atom. The molecule has 3 atom stereocenters. The SMILES string of the molecule is CCN1CCN(c2cccc3c2CN(C(c2ccc(OC)c(OC)c2)C2CCN(S(=O)(=O)c4cccs4)CC2)C3=O)CC1.CCN1CCN(c2cccc3c2CN([C@H](CCCOCc2c(F)cccc2F)c2ccc(OC)c(OC)c2)C3=O)CC1.CCN1CCN(c2cccc3c2CN([C@H](CCCOCc2ccccc2Cl)c2ccc(OC)c(OC)c2)C3=O)CC1. The summed E-state index contributed by atoms with van der Waals surface area (Å²) in [5.41, 5.74) is 12.8. The molecule has 672 valence electrons. The monoisotopic (exact) mass is 1780 g/mol. The first-order valence-corrected chi connectivity index (χ1v) is 46.8. The van der Waals surface area contributed by atoms with Crippen LogP contribution < -0.4 is 43.1 Å². The largest absolute Gasteiger partial charge is 0.493 e. The van der Waals surface area contributed by atoms with Crippen LogP contribution in [-0.2, 0) is 52.3 Å². The molecule has 1 unspecified atom stereocenters. The van der Waals surface area contributed by atoms with Gasteiger partial charge in [-0.15, -0.1) is 11.3 Å². The van der Waals surface area contributed by atoms with E-state index in [4.69, 9.17) is 49.5 Å². The molecule has 0 saturated carbocycles. The third-order valence-electron chi connectivity index (χ3n) is 25.9. The van der Waals surface area contributed by atoms with Gasteiger partial charge in [0, 0.05) is 186 Å². The summed E-state index contributed by atoms with van der Waals surface area (Å²) >= 11 is 7.55. The minimum Gasteiger partial charge on any atom is -0.493 e. The lowest BCUT2D eigenvalue weighted by molar-refractivity contribution is 0.0573. The standard InChI is InChI=1S/C33H40ClN3O4.C33H39F2N3O4.C32H40N4O5S2/c1-4-35-16-18-36(19-17-35)30-12-7-10-26-27(30)22-37(33(26)38)29(24-14-15-31(39-2)32(21-24)40-3)13-8-20-41-23-25-9-5-6-11-28(25)34;1-4-36-15-17-37(18-16-36)30-11-5-8-24-25(30)21-38(33(24)39)29(23-13-14-31(40-2)32(20-23)41-3)12-7-19-42-22-26-27(34)9-6-10-28(26)35;1-4-33-16-18-34(19-17-33)27-8-5-7-25-26(27)22-36(32(25)37)31(24-10-11-28(40-2)29(21-24)41-3)23-12-14-35(15-13-23)43(38,39)30-9-6-20-42-30/h5-7,9-12,14-15,21,29H,4,8,13,16-20,22-23H2,1-3H3;5-6,8-11,13-14,20,29H,4,7,12,15-19,21-22H2,1-3H3;5-11,20-21,23,31H,4,12-19,22H2,1-3H3/t2*29-;/m11./s1. The molecule has 1 aromatic heterocycles. The molecular weight excluding hydrogens is 1660 g/mol. The summed E-state index contributed by atoms with van der Waals surface area (Å²) in [7, 11) is 6.16. The van der Waals surface area contributed by atoms with Crippen LogP contribution in [0.2, 0.25) is 5.02 Å². The molecule has 0 radical (unpaired) electrons. The molecule has 7 aliphatic rings. The topological polar surface area (TPSA) is 192 Å². The Bertz CT molecular complexity index is 5290. The number of halogens is 3. The predicted molar refractivity (Wildman–Crippen MR) is 490 cm³/mol. The molecule has 3 amide bonds. The van der Waals surface area contributed by atoms with Crippen LogP contribution in [0, 0.1) is 17.6 Å². The number of amides is 3. The highest BCUT2D eigenvalue weighted by atomic mass is 35.5. The van der Waals surface area contributed by atoms with Crippen LogP contribution in [0.25, 0.3) is 0 Å². The number of likely N-dealkylation sites (N-methyl/N-ethyl adjacent to an activating group) is 3. The van der Waals surface area contributed by atoms with Gasteiger partial charge < -0.3 is 82.0 Å². The zero-order valence-corrected chi connectivity index (χ0v) is 76.3. The molecule has 7 aliphatic heterocycles. The number of benzene rings is 8. The molecule has 9 aromatic rings. The van der Waals surface area contributed by atoms with Crippen molar-refractivity contribution in [3.8, 4) is 34.5 Å². The molecule has 8 heterocycles. The fourth-order valence-corrected chi connectivity index (χ4v) is 21.6. The normalized spacial score (nSPS) is 17.3. The minimum absolute atomic E-state index is 0.00632. The second kappa shape index (κ2) is 43.2. The van der Waals surface area contributed by atoms with Crippen LogP contribution in [0.1, 0.15) is 153 Å². The highest BCUT2D eigenvalue weighted by Gasteiger charge is 2.44. The maximum absolute atomic E-state index is 14.2. The van der Waals surface area contributed by atoms with Gasteiger partial charge in [-0.05, 0) is 189 Å². The van der Waals surface area contributed by atoms with E-state index >= 15 is 0 Å². The van der Waals surface area contributed by atoms with E-state index in [2.05, 4.69) is 68.4 Å². The Morgan fingerprint density at radius 3 is 1.22 bits per heavy atom. The Labute approximate surface area is 750 Å². The fraction of sp³-hybridized carbons (Fsp3) is 0.439. The van der Waals surface area contributed by atoms with Crippen molar-refractivity contribution in [2.75, 3.05) is 182 Å². The van der Waals surface area contributed by atoms with Gasteiger partial charge in [0.15, 0.2) is 34.5 Å². The third-order valence-corrected chi connectivity index (χ3v) is 29.5. The molecule has 4 saturated heterocycles. The first kappa shape index (κ1) is 92.1. The fourth-order valence-electron chi connectivity index (χ4n) is 18.8. The number of ether oxygens (including phenoxy) is 8. The molecule has 28 heteroatoms. The Morgan fingerprint density at radius 1 is 0.429 bits per heavy atom. The van der Waals surface area contributed by atoms with Gasteiger partial charge in [0.1, 0.15) is 15.8 Å². The van der Waals surface area contributed by atoms with E-state index < -0.39 is 21.7 Å². The van der Waals surface area contributed by atoms with E-state index in [9.17, 15) is 31.6 Å². The number of anilines is 3. The number of methoxy groups -OCH3 is 6. The second-order valence-electron chi connectivity index (χ2n) is 32.6. The summed E-state index contributed by atoms with van der Waals surface area (Å²) in [6, 6.07) is 50.2. The molecule has 4 fully saturated rings. The van der Waals surface area contributed by atoms with Gasteiger partial charge >= 0.3 is 0 Å². The number of carbonyl (C=O) groups excluding carboxylic acids is 3. The average Bonchev–Trinajstić information content (AvgIpc) is 1.64. The molecule has 16 rings (SSSR count). The van der Waals surface area contributed by atoms with Crippen molar-refractivity contribution in [3.63, 3.8) is 0 Å². The predicted octanol–water partition coefficient (Wildman–Crippen LogP) is 16.7. The summed E-state index contributed by atoms with van der Waals surface area (Å²) in [6.45, 7) is 25.1. The zero-order chi connectivity index (χ0) is 88.5. The number of hydrogen-bond donors (Lipinski definition) is 0. The highest BCUT2D eigenvalue weighted by molar-refractivity contribution is 7.91. The zero-order valence-electron chi connectivity index (χ0n) is 73.9. The first-order valence-electron chi connectivity index (χ1n) is 44.1. The maximum Gasteiger partial charge on any atom is 0.255 e. The number of fused-ring (bicyclic) bond motifs is 3. The number of carbonyl (C=O) groups is 3. The van der Waals surface area contributed by atoms with Crippen LogP contribution in [0.5, 0.6) is 34.5 Å². The Hall–Kier alpha value is -10.1. The molecular formula is C98H119ClF2N10O13S2. The van der Waals surface area contributed by atoms with Crippen LogP contribution in [-0.4, -0.2) is 227 Å². The van der Waals surface area contributed by atoms with Crippen LogP contribution >= 0.6 is 22.9 Å². The lowest BCUT2D eigenvalue weighted by atomic mass is 9.84. The quantitative estimate of drug-likeness (QED) is 0.0352. The van der Waals surface area contributed by atoms with Gasteiger partial charge in [0.25, 0.3) is 27.7 Å². The lowest BCUT2D eigenvalue weighted by Gasteiger charge is -2.40. The summed E-state index contributed by atoms with van der Waals surface area (Å²) < 4.78 is 102. The van der Waals surface area contributed by atoms with Gasteiger partial charge in [-0.2, -0.15) is 4.31 Å². The molecule has 0 N–H and O–H groups in total. The van der Waals surface area contributed by atoms with Crippen molar-refractivity contribution in [2.45, 2.75) is 114 Å². The highest BCUT2D eigenvalue weighted by Crippen LogP contribution is 2.48. The van der Waals surface area contributed by atoms with Crippen molar-refractivity contribution in [1.29, 1.82) is 0 Å². The Balaban J connectivity index is 0.000000153. The third kappa shape index (κ3) is 20.7. The molecule has 0 aliphatic carbocycles. The van der Waals surface area contributed by atoms with Crippen molar-refractivity contribution in [3.05, 3.63) is 247 Å². The number of rotatable bonds is 33. The Kier molecular flexibility index (Phi) is 31.5. The number of piperazine rings is 3. The maximum atomic E-state index is 14.2. The molecule has 23 nitrogen and oxygen atoms in total. The number of thiophene rings is 1. The second-order valence-corrected chi connectivity index (χ2v) is 36.2. The van der Waals surface area contributed by atoms with E-state index in [0.717, 1.165) is 178 Å². The molecule has 8 aromatic carbocycles. The first-order chi connectivity index (χ1) is 61.3.